The first-order valence-electron chi connectivity index (χ1n) is 5.10. The zero-order chi connectivity index (χ0) is 11.7. The molecule has 0 spiro atoms. The Morgan fingerprint density at radius 3 is 3.06 bits per heavy atom. The van der Waals surface area contributed by atoms with E-state index >= 15 is 0 Å². The number of carboxylic acid groups (broad SMARTS) is 1. The van der Waals surface area contributed by atoms with Gasteiger partial charge in [-0.3, -0.25) is 9.78 Å². The molecule has 0 radical (unpaired) electrons. The Morgan fingerprint density at radius 1 is 1.62 bits per heavy atom. The lowest BCUT2D eigenvalue weighted by Crippen LogP contribution is -2.03. The molecular weight excluding hydrogens is 206 g/mol. The summed E-state index contributed by atoms with van der Waals surface area (Å²) in [6.07, 6.45) is 5.32. The van der Waals surface area contributed by atoms with Crippen LogP contribution in [0.15, 0.2) is 18.6 Å². The van der Waals surface area contributed by atoms with E-state index in [9.17, 15) is 4.79 Å². The molecule has 0 aliphatic heterocycles. The van der Waals surface area contributed by atoms with Crippen LogP contribution in [0.2, 0.25) is 0 Å². The normalized spacial score (nSPS) is 12.9. The molecule has 0 amide bonds. The monoisotopic (exact) mass is 219 g/mol. The molecule has 0 aliphatic rings. The van der Waals surface area contributed by atoms with Gasteiger partial charge in [-0.15, -0.1) is 0 Å². The Kier molecular flexibility index (Phi) is 2.60. The first-order chi connectivity index (χ1) is 7.59. The molecule has 84 valence electrons. The van der Waals surface area contributed by atoms with Crippen molar-refractivity contribution in [3.05, 3.63) is 30.1 Å². The largest absolute Gasteiger partial charge is 0.481 e. The van der Waals surface area contributed by atoms with Crippen LogP contribution in [0, 0.1) is 6.92 Å². The highest BCUT2D eigenvalue weighted by molar-refractivity contribution is 5.68. The number of hydrogen-bond acceptors (Lipinski definition) is 3. The third-order valence-electron chi connectivity index (χ3n) is 2.60. The van der Waals surface area contributed by atoms with E-state index in [-0.39, 0.29) is 12.3 Å². The molecule has 0 fully saturated rings. The highest BCUT2D eigenvalue weighted by Crippen LogP contribution is 2.23. The predicted octanol–water partition coefficient (Wildman–Crippen LogP) is 1.62. The average Bonchev–Trinajstić information content (AvgIpc) is 2.56. The van der Waals surface area contributed by atoms with Crippen LogP contribution in [0.25, 0.3) is 5.52 Å². The molecule has 2 aromatic heterocycles. The molecule has 1 N–H and O–H groups in total. The fraction of sp³-hybridized carbons (Fsp3) is 0.364. The van der Waals surface area contributed by atoms with Gasteiger partial charge in [0.15, 0.2) is 0 Å². The van der Waals surface area contributed by atoms with Crippen molar-refractivity contribution in [2.45, 2.75) is 26.2 Å². The van der Waals surface area contributed by atoms with Crippen molar-refractivity contribution < 1.29 is 9.90 Å². The number of fused-ring (bicyclic) bond motifs is 1. The molecule has 1 unspecified atom stereocenters. The molecule has 2 aromatic rings. The van der Waals surface area contributed by atoms with Gasteiger partial charge in [0.25, 0.3) is 0 Å². The number of rotatable bonds is 3. The van der Waals surface area contributed by atoms with E-state index in [1.807, 2.05) is 24.4 Å². The van der Waals surface area contributed by atoms with Crippen molar-refractivity contribution in [2.75, 3.05) is 0 Å². The molecule has 0 saturated carbocycles. The van der Waals surface area contributed by atoms with E-state index in [2.05, 4.69) is 9.97 Å². The van der Waals surface area contributed by atoms with Gasteiger partial charge in [-0.05, 0) is 6.92 Å². The SMILES string of the molecule is Cc1nc(C(C)CC(=O)O)c2cnccn12. The highest BCUT2D eigenvalue weighted by Gasteiger charge is 2.17. The van der Waals surface area contributed by atoms with Crippen LogP contribution in [0.5, 0.6) is 0 Å². The standard InChI is InChI=1S/C11H13N3O2/c1-7(5-10(15)16)11-9-6-12-3-4-14(9)8(2)13-11/h3-4,6-7H,5H2,1-2H3,(H,15,16). The van der Waals surface area contributed by atoms with Gasteiger partial charge in [0, 0.05) is 18.3 Å². The third kappa shape index (κ3) is 1.76. The summed E-state index contributed by atoms with van der Waals surface area (Å²) in [5.41, 5.74) is 1.68. The lowest BCUT2D eigenvalue weighted by Gasteiger charge is -2.05. The molecule has 0 aromatic carbocycles. The van der Waals surface area contributed by atoms with Gasteiger partial charge < -0.3 is 9.51 Å². The molecule has 1 atom stereocenters. The quantitative estimate of drug-likeness (QED) is 0.851. The van der Waals surface area contributed by atoms with Gasteiger partial charge in [0.05, 0.1) is 23.8 Å². The maximum atomic E-state index is 10.7. The van der Waals surface area contributed by atoms with Crippen molar-refractivity contribution in [3.63, 3.8) is 0 Å². The average molecular weight is 219 g/mol. The first-order valence-corrected chi connectivity index (χ1v) is 5.10. The molecule has 5 nitrogen and oxygen atoms in total. The Morgan fingerprint density at radius 2 is 2.38 bits per heavy atom. The van der Waals surface area contributed by atoms with Crippen molar-refractivity contribution >= 4 is 11.5 Å². The van der Waals surface area contributed by atoms with E-state index in [0.717, 1.165) is 17.0 Å². The Balaban J connectivity index is 2.48. The minimum Gasteiger partial charge on any atom is -0.481 e. The van der Waals surface area contributed by atoms with Gasteiger partial charge in [-0.25, -0.2) is 4.98 Å². The smallest absolute Gasteiger partial charge is 0.304 e. The van der Waals surface area contributed by atoms with E-state index in [0.29, 0.717) is 0 Å². The molecular formula is C11H13N3O2. The number of carbonyl (C=O) groups is 1. The van der Waals surface area contributed by atoms with Gasteiger partial charge >= 0.3 is 5.97 Å². The second-order valence-electron chi connectivity index (χ2n) is 3.87. The number of aryl methyl sites for hydroxylation is 1. The Hall–Kier alpha value is -1.91. The van der Waals surface area contributed by atoms with E-state index in [4.69, 9.17) is 5.11 Å². The Bertz CT molecular complexity index is 533. The topological polar surface area (TPSA) is 67.5 Å². The zero-order valence-electron chi connectivity index (χ0n) is 9.21. The van der Waals surface area contributed by atoms with Crippen LogP contribution < -0.4 is 0 Å². The number of nitrogens with zero attached hydrogens (tertiary/aromatic N) is 3. The van der Waals surface area contributed by atoms with Crippen molar-refractivity contribution in [2.24, 2.45) is 0 Å². The number of hydrogen-bond donors (Lipinski definition) is 1. The number of aliphatic carboxylic acids is 1. The summed E-state index contributed by atoms with van der Waals surface area (Å²) in [5, 5.41) is 8.77. The molecule has 5 heteroatoms. The fourth-order valence-corrected chi connectivity index (χ4v) is 1.84. The highest BCUT2D eigenvalue weighted by atomic mass is 16.4. The first kappa shape index (κ1) is 10.6. The van der Waals surface area contributed by atoms with Crippen LogP contribution >= 0.6 is 0 Å². The van der Waals surface area contributed by atoms with E-state index in [1.54, 1.807) is 12.4 Å². The lowest BCUT2D eigenvalue weighted by molar-refractivity contribution is -0.137. The number of imidazole rings is 1. The molecule has 2 heterocycles. The summed E-state index contributed by atoms with van der Waals surface area (Å²) < 4.78 is 1.92. The minimum atomic E-state index is -0.810. The third-order valence-corrected chi connectivity index (χ3v) is 2.60. The Labute approximate surface area is 92.8 Å². The molecule has 0 aliphatic carbocycles. The zero-order valence-corrected chi connectivity index (χ0v) is 9.21. The summed E-state index contributed by atoms with van der Waals surface area (Å²) in [4.78, 5) is 19.1. The second-order valence-corrected chi connectivity index (χ2v) is 3.87. The maximum absolute atomic E-state index is 10.7. The minimum absolute atomic E-state index is 0.0843. The molecule has 2 rings (SSSR count). The molecule has 0 saturated heterocycles. The number of aromatic nitrogens is 3. The molecule has 0 bridgehead atoms. The summed E-state index contributed by atoms with van der Waals surface area (Å²) in [5.74, 6) is -0.0646. The van der Waals surface area contributed by atoms with Gasteiger partial charge in [-0.1, -0.05) is 6.92 Å². The van der Waals surface area contributed by atoms with Gasteiger partial charge in [-0.2, -0.15) is 0 Å². The predicted molar refractivity (Wildman–Crippen MR) is 58.4 cm³/mol. The van der Waals surface area contributed by atoms with Crippen molar-refractivity contribution in [1.82, 2.24) is 14.4 Å². The van der Waals surface area contributed by atoms with E-state index < -0.39 is 5.97 Å². The van der Waals surface area contributed by atoms with Crippen LogP contribution in [0.1, 0.15) is 30.8 Å². The summed E-state index contributed by atoms with van der Waals surface area (Å²) in [7, 11) is 0. The lowest BCUT2D eigenvalue weighted by atomic mass is 10.0. The van der Waals surface area contributed by atoms with Crippen molar-refractivity contribution in [3.8, 4) is 0 Å². The second kappa shape index (κ2) is 3.92. The summed E-state index contributed by atoms with van der Waals surface area (Å²) in [6.45, 7) is 3.76. The van der Waals surface area contributed by atoms with Crippen molar-refractivity contribution in [1.29, 1.82) is 0 Å². The van der Waals surface area contributed by atoms with E-state index in [1.165, 1.54) is 0 Å². The van der Waals surface area contributed by atoms with Crippen LogP contribution in [0.4, 0.5) is 0 Å². The number of carboxylic acids is 1. The van der Waals surface area contributed by atoms with Crippen LogP contribution in [-0.2, 0) is 4.79 Å². The summed E-state index contributed by atoms with van der Waals surface area (Å²) in [6, 6.07) is 0. The summed E-state index contributed by atoms with van der Waals surface area (Å²) >= 11 is 0. The van der Waals surface area contributed by atoms with Gasteiger partial charge in [0.2, 0.25) is 0 Å². The van der Waals surface area contributed by atoms with Gasteiger partial charge in [0.1, 0.15) is 5.82 Å². The molecule has 16 heavy (non-hydrogen) atoms. The maximum Gasteiger partial charge on any atom is 0.304 e. The van der Waals surface area contributed by atoms with Crippen LogP contribution in [-0.4, -0.2) is 25.4 Å². The fourth-order valence-electron chi connectivity index (χ4n) is 1.84. The van der Waals surface area contributed by atoms with Crippen LogP contribution in [0.3, 0.4) is 0 Å².